The summed E-state index contributed by atoms with van der Waals surface area (Å²) in [6.07, 6.45) is 2.46. The Kier molecular flexibility index (Phi) is 4.01. The summed E-state index contributed by atoms with van der Waals surface area (Å²) in [5, 5.41) is 10.9. The van der Waals surface area contributed by atoms with E-state index in [2.05, 4.69) is 30.5 Å². The van der Waals surface area contributed by atoms with Crippen LogP contribution in [0.15, 0.2) is 27.4 Å². The van der Waals surface area contributed by atoms with E-state index >= 15 is 0 Å². The first-order chi connectivity index (χ1) is 11.4. The van der Waals surface area contributed by atoms with E-state index in [0.29, 0.717) is 23.7 Å². The molecule has 1 N–H and O–H groups in total. The fourth-order valence-corrected chi connectivity index (χ4v) is 3.41. The van der Waals surface area contributed by atoms with Crippen molar-refractivity contribution in [1.82, 2.24) is 20.3 Å². The van der Waals surface area contributed by atoms with Crippen LogP contribution in [0.5, 0.6) is 0 Å². The Bertz CT molecular complexity index is 769. The van der Waals surface area contributed by atoms with Gasteiger partial charge in [-0.05, 0) is 22.4 Å². The molecular formula is C14H16N6O2S. The first-order valence-corrected chi connectivity index (χ1v) is 8.65. The molecule has 3 aromatic rings. The van der Waals surface area contributed by atoms with Crippen molar-refractivity contribution in [2.24, 2.45) is 0 Å². The maximum atomic E-state index is 5.35. The Morgan fingerprint density at radius 2 is 2.00 bits per heavy atom. The number of hydrogen-bond donors (Lipinski definition) is 1. The van der Waals surface area contributed by atoms with E-state index in [1.54, 1.807) is 6.26 Å². The molecule has 120 valence electrons. The summed E-state index contributed by atoms with van der Waals surface area (Å²) in [6.45, 7) is 2.60. The highest BCUT2D eigenvalue weighted by molar-refractivity contribution is 7.99. The van der Waals surface area contributed by atoms with Crippen LogP contribution in [-0.4, -0.2) is 51.4 Å². The molecule has 0 aliphatic carbocycles. The monoisotopic (exact) mass is 332 g/mol. The van der Waals surface area contributed by atoms with E-state index < -0.39 is 0 Å². The molecule has 1 saturated heterocycles. The SMILES string of the molecule is c1coc(CCNc2nc3nonc3nc2N2CCSCC2)c1. The Morgan fingerprint density at radius 3 is 2.78 bits per heavy atom. The molecule has 0 amide bonds. The molecule has 3 aromatic heterocycles. The fraction of sp³-hybridized carbons (Fsp3) is 0.429. The summed E-state index contributed by atoms with van der Waals surface area (Å²) >= 11 is 1.95. The molecule has 8 nitrogen and oxygen atoms in total. The van der Waals surface area contributed by atoms with E-state index in [4.69, 9.17) is 9.05 Å². The molecule has 4 heterocycles. The molecule has 4 rings (SSSR count). The van der Waals surface area contributed by atoms with Crippen LogP contribution in [0.25, 0.3) is 11.3 Å². The van der Waals surface area contributed by atoms with Gasteiger partial charge in [-0.25, -0.2) is 14.6 Å². The number of anilines is 2. The zero-order valence-electron chi connectivity index (χ0n) is 12.4. The largest absolute Gasteiger partial charge is 0.469 e. The van der Waals surface area contributed by atoms with Gasteiger partial charge in [0.1, 0.15) is 5.76 Å². The van der Waals surface area contributed by atoms with Gasteiger partial charge in [-0.3, -0.25) is 0 Å². The molecular weight excluding hydrogens is 316 g/mol. The van der Waals surface area contributed by atoms with Crippen LogP contribution < -0.4 is 10.2 Å². The molecule has 0 unspecified atom stereocenters. The van der Waals surface area contributed by atoms with E-state index in [-0.39, 0.29) is 0 Å². The lowest BCUT2D eigenvalue weighted by Crippen LogP contribution is -2.34. The minimum Gasteiger partial charge on any atom is -0.469 e. The summed E-state index contributed by atoms with van der Waals surface area (Å²) in [7, 11) is 0. The molecule has 0 aromatic carbocycles. The second kappa shape index (κ2) is 6.45. The van der Waals surface area contributed by atoms with Crippen molar-refractivity contribution in [3.8, 4) is 0 Å². The van der Waals surface area contributed by atoms with Gasteiger partial charge < -0.3 is 14.6 Å². The summed E-state index contributed by atoms with van der Waals surface area (Å²) in [5.74, 6) is 4.63. The highest BCUT2D eigenvalue weighted by Gasteiger charge is 2.20. The van der Waals surface area contributed by atoms with Gasteiger partial charge in [0, 0.05) is 37.6 Å². The molecule has 1 aliphatic rings. The smallest absolute Gasteiger partial charge is 0.245 e. The van der Waals surface area contributed by atoms with Crippen molar-refractivity contribution >= 4 is 34.7 Å². The number of thioether (sulfide) groups is 1. The van der Waals surface area contributed by atoms with Gasteiger partial charge in [-0.1, -0.05) is 0 Å². The number of rotatable bonds is 5. The molecule has 0 saturated carbocycles. The highest BCUT2D eigenvalue weighted by atomic mass is 32.2. The Labute approximate surface area is 136 Å². The maximum absolute atomic E-state index is 5.35. The number of hydrogen-bond acceptors (Lipinski definition) is 9. The molecule has 0 atom stereocenters. The number of nitrogens with zero attached hydrogens (tertiary/aromatic N) is 5. The molecule has 0 radical (unpaired) electrons. The zero-order chi connectivity index (χ0) is 15.5. The predicted molar refractivity (Wildman–Crippen MR) is 87.8 cm³/mol. The van der Waals surface area contributed by atoms with Gasteiger partial charge in [0.05, 0.1) is 6.26 Å². The lowest BCUT2D eigenvalue weighted by molar-refractivity contribution is 0.314. The lowest BCUT2D eigenvalue weighted by atomic mass is 10.3. The number of fused-ring (bicyclic) bond motifs is 1. The van der Waals surface area contributed by atoms with Crippen LogP contribution in [0.2, 0.25) is 0 Å². The quantitative estimate of drug-likeness (QED) is 0.750. The van der Waals surface area contributed by atoms with Gasteiger partial charge in [0.2, 0.25) is 11.3 Å². The Hall–Kier alpha value is -2.29. The third kappa shape index (κ3) is 3.09. The summed E-state index contributed by atoms with van der Waals surface area (Å²) in [4.78, 5) is 11.3. The predicted octanol–water partition coefficient (Wildman–Crippen LogP) is 1.81. The number of furan rings is 1. The van der Waals surface area contributed by atoms with Crippen LogP contribution in [0, 0.1) is 0 Å². The van der Waals surface area contributed by atoms with Crippen molar-refractivity contribution in [3.05, 3.63) is 24.2 Å². The summed E-state index contributed by atoms with van der Waals surface area (Å²) in [5.41, 5.74) is 0.857. The van der Waals surface area contributed by atoms with E-state index in [0.717, 1.165) is 42.6 Å². The second-order valence-electron chi connectivity index (χ2n) is 5.16. The molecule has 1 fully saturated rings. The first kappa shape index (κ1) is 14.3. The van der Waals surface area contributed by atoms with Gasteiger partial charge >= 0.3 is 0 Å². The van der Waals surface area contributed by atoms with Crippen molar-refractivity contribution in [3.63, 3.8) is 0 Å². The topological polar surface area (TPSA) is 93.1 Å². The molecule has 0 bridgehead atoms. The van der Waals surface area contributed by atoms with Gasteiger partial charge in [0.25, 0.3) is 0 Å². The zero-order valence-corrected chi connectivity index (χ0v) is 13.3. The Morgan fingerprint density at radius 1 is 1.17 bits per heavy atom. The number of nitrogens with one attached hydrogen (secondary N) is 1. The third-order valence-electron chi connectivity index (χ3n) is 3.65. The van der Waals surface area contributed by atoms with Gasteiger partial charge in [-0.15, -0.1) is 0 Å². The second-order valence-corrected chi connectivity index (χ2v) is 6.39. The van der Waals surface area contributed by atoms with E-state index in [1.165, 1.54) is 0 Å². The number of aromatic nitrogens is 4. The average molecular weight is 332 g/mol. The molecule has 1 aliphatic heterocycles. The molecule has 0 spiro atoms. The van der Waals surface area contributed by atoms with Crippen LogP contribution in [0.1, 0.15) is 5.76 Å². The first-order valence-electron chi connectivity index (χ1n) is 7.49. The van der Waals surface area contributed by atoms with E-state index in [9.17, 15) is 0 Å². The molecule has 23 heavy (non-hydrogen) atoms. The van der Waals surface area contributed by atoms with E-state index in [1.807, 2.05) is 23.9 Å². The average Bonchev–Trinajstić information content (AvgIpc) is 3.26. The highest BCUT2D eigenvalue weighted by Crippen LogP contribution is 2.26. The van der Waals surface area contributed by atoms with Crippen molar-refractivity contribution in [1.29, 1.82) is 0 Å². The summed E-state index contributed by atoms with van der Waals surface area (Å²) in [6, 6.07) is 3.85. The normalized spacial score (nSPS) is 15.2. The molecule has 9 heteroatoms. The Balaban J connectivity index is 1.57. The van der Waals surface area contributed by atoms with Crippen LogP contribution in [0.3, 0.4) is 0 Å². The minimum atomic E-state index is 0.417. The maximum Gasteiger partial charge on any atom is 0.245 e. The summed E-state index contributed by atoms with van der Waals surface area (Å²) < 4.78 is 10.1. The van der Waals surface area contributed by atoms with Gasteiger partial charge in [-0.2, -0.15) is 11.8 Å². The van der Waals surface area contributed by atoms with Crippen LogP contribution in [0.4, 0.5) is 11.6 Å². The van der Waals surface area contributed by atoms with Gasteiger partial charge in [0.15, 0.2) is 11.6 Å². The minimum absolute atomic E-state index is 0.417. The fourth-order valence-electron chi connectivity index (χ4n) is 2.50. The third-order valence-corrected chi connectivity index (χ3v) is 4.59. The van der Waals surface area contributed by atoms with Crippen LogP contribution in [-0.2, 0) is 6.42 Å². The lowest BCUT2D eigenvalue weighted by Gasteiger charge is -2.28. The van der Waals surface area contributed by atoms with Crippen molar-refractivity contribution in [2.45, 2.75) is 6.42 Å². The van der Waals surface area contributed by atoms with Crippen molar-refractivity contribution in [2.75, 3.05) is 41.4 Å². The van der Waals surface area contributed by atoms with Crippen LogP contribution >= 0.6 is 11.8 Å². The standard InChI is InChI=1S/C14H16N6O2S/c1-2-10(21-7-1)3-4-15-13-14(20-5-8-23-9-6-20)17-12-11(16-13)18-22-19-12/h1-2,7H,3-6,8-9H2,(H,15,16,18). The van der Waals surface area contributed by atoms with Crippen molar-refractivity contribution < 1.29 is 9.05 Å².